The van der Waals surface area contributed by atoms with Crippen molar-refractivity contribution in [2.24, 2.45) is 0 Å². The molecule has 0 aliphatic rings. The molecule has 0 bridgehead atoms. The first-order valence-corrected chi connectivity index (χ1v) is 4.78. The van der Waals surface area contributed by atoms with Crippen LogP contribution in [0.25, 0.3) is 6.08 Å². The van der Waals surface area contributed by atoms with Gasteiger partial charge in [0.15, 0.2) is 0 Å². The van der Waals surface area contributed by atoms with E-state index in [1.165, 1.54) is 6.08 Å². The standard InChI is InChI=1S/C12H14O3/c1-3-15-11(13)8-7-10-6-4-5-9(2)12(10)14/h4-8,14H,3H2,1-2H3/b8-7+. The van der Waals surface area contributed by atoms with Crippen LogP contribution in [-0.2, 0) is 9.53 Å². The summed E-state index contributed by atoms with van der Waals surface area (Å²) >= 11 is 0. The van der Waals surface area contributed by atoms with Crippen LogP contribution in [0.2, 0.25) is 0 Å². The summed E-state index contributed by atoms with van der Waals surface area (Å²) in [5.41, 5.74) is 1.39. The Morgan fingerprint density at radius 1 is 1.53 bits per heavy atom. The van der Waals surface area contributed by atoms with E-state index >= 15 is 0 Å². The highest BCUT2D eigenvalue weighted by molar-refractivity contribution is 5.87. The van der Waals surface area contributed by atoms with Gasteiger partial charge >= 0.3 is 5.97 Å². The topological polar surface area (TPSA) is 46.5 Å². The molecule has 0 aliphatic heterocycles. The predicted molar refractivity (Wildman–Crippen MR) is 58.5 cm³/mol. The van der Waals surface area contributed by atoms with Gasteiger partial charge in [-0.15, -0.1) is 0 Å². The number of rotatable bonds is 3. The van der Waals surface area contributed by atoms with E-state index < -0.39 is 5.97 Å². The average Bonchev–Trinajstić information content (AvgIpc) is 2.21. The molecular formula is C12H14O3. The normalized spacial score (nSPS) is 10.5. The Kier molecular flexibility index (Phi) is 3.92. The maximum absolute atomic E-state index is 11.0. The summed E-state index contributed by atoms with van der Waals surface area (Å²) in [4.78, 5) is 11.0. The van der Waals surface area contributed by atoms with Crippen molar-refractivity contribution in [2.45, 2.75) is 13.8 Å². The van der Waals surface area contributed by atoms with Gasteiger partial charge in [0.2, 0.25) is 0 Å². The van der Waals surface area contributed by atoms with Gasteiger partial charge in [-0.05, 0) is 25.5 Å². The Labute approximate surface area is 89.0 Å². The molecule has 80 valence electrons. The molecule has 0 atom stereocenters. The minimum atomic E-state index is -0.404. The lowest BCUT2D eigenvalue weighted by atomic mass is 10.1. The number of hydrogen-bond donors (Lipinski definition) is 1. The highest BCUT2D eigenvalue weighted by atomic mass is 16.5. The van der Waals surface area contributed by atoms with Gasteiger partial charge in [0, 0.05) is 11.6 Å². The molecule has 0 heterocycles. The fraction of sp³-hybridized carbons (Fsp3) is 0.250. The summed E-state index contributed by atoms with van der Waals surface area (Å²) in [7, 11) is 0. The first-order valence-electron chi connectivity index (χ1n) is 4.78. The Balaban J connectivity index is 2.81. The number of aryl methyl sites for hydroxylation is 1. The molecule has 0 saturated carbocycles. The van der Waals surface area contributed by atoms with E-state index in [4.69, 9.17) is 4.74 Å². The van der Waals surface area contributed by atoms with Crippen LogP contribution in [0.1, 0.15) is 18.1 Å². The summed E-state index contributed by atoms with van der Waals surface area (Å²) in [5.74, 6) is -0.212. The van der Waals surface area contributed by atoms with Gasteiger partial charge in [-0.3, -0.25) is 0 Å². The van der Waals surface area contributed by atoms with Crippen molar-refractivity contribution >= 4 is 12.0 Å². The van der Waals surface area contributed by atoms with Gasteiger partial charge in [0.05, 0.1) is 6.61 Å². The molecule has 0 aromatic heterocycles. The molecule has 3 nitrogen and oxygen atoms in total. The molecule has 15 heavy (non-hydrogen) atoms. The lowest BCUT2D eigenvalue weighted by molar-refractivity contribution is -0.137. The minimum absolute atomic E-state index is 0.193. The maximum atomic E-state index is 11.0. The Bertz CT molecular complexity index is 380. The van der Waals surface area contributed by atoms with Crippen LogP contribution < -0.4 is 0 Å². The number of phenolic OH excluding ortho intramolecular Hbond substituents is 1. The lowest BCUT2D eigenvalue weighted by Crippen LogP contribution is -1.98. The summed E-state index contributed by atoms with van der Waals surface area (Å²) in [6, 6.07) is 5.36. The van der Waals surface area contributed by atoms with Crippen molar-refractivity contribution in [3.05, 3.63) is 35.4 Å². The van der Waals surface area contributed by atoms with Gasteiger partial charge in [-0.25, -0.2) is 4.79 Å². The Morgan fingerprint density at radius 3 is 2.93 bits per heavy atom. The number of carbonyl (C=O) groups excluding carboxylic acids is 1. The molecular weight excluding hydrogens is 192 g/mol. The van der Waals surface area contributed by atoms with Gasteiger partial charge in [0.1, 0.15) is 5.75 Å². The third-order valence-corrected chi connectivity index (χ3v) is 1.95. The van der Waals surface area contributed by atoms with Crippen LogP contribution in [0.5, 0.6) is 5.75 Å². The number of carbonyl (C=O) groups is 1. The van der Waals surface area contributed by atoms with Crippen molar-refractivity contribution < 1.29 is 14.6 Å². The fourth-order valence-electron chi connectivity index (χ4n) is 1.16. The van der Waals surface area contributed by atoms with Gasteiger partial charge in [-0.1, -0.05) is 18.2 Å². The third-order valence-electron chi connectivity index (χ3n) is 1.95. The summed E-state index contributed by atoms with van der Waals surface area (Å²) in [6.45, 7) is 3.90. The third kappa shape index (κ3) is 3.13. The van der Waals surface area contributed by atoms with Gasteiger partial charge in [0.25, 0.3) is 0 Å². The SMILES string of the molecule is CCOC(=O)/C=C/c1cccc(C)c1O. The van der Waals surface area contributed by atoms with Crippen LogP contribution in [0.15, 0.2) is 24.3 Å². The molecule has 1 aromatic carbocycles. The quantitative estimate of drug-likeness (QED) is 0.609. The minimum Gasteiger partial charge on any atom is -0.507 e. The molecule has 1 N–H and O–H groups in total. The van der Waals surface area contributed by atoms with Crippen LogP contribution in [0, 0.1) is 6.92 Å². The number of hydrogen-bond acceptors (Lipinski definition) is 3. The highest BCUT2D eigenvalue weighted by Gasteiger charge is 2.00. The second-order valence-corrected chi connectivity index (χ2v) is 3.10. The van der Waals surface area contributed by atoms with Crippen molar-refractivity contribution in [3.8, 4) is 5.75 Å². The first-order chi connectivity index (χ1) is 7.15. The molecule has 0 fully saturated rings. The van der Waals surface area contributed by atoms with E-state index in [0.29, 0.717) is 12.2 Å². The summed E-state index contributed by atoms with van der Waals surface area (Å²) in [5, 5.41) is 9.64. The van der Waals surface area contributed by atoms with Crippen LogP contribution >= 0.6 is 0 Å². The second kappa shape index (κ2) is 5.20. The van der Waals surface area contributed by atoms with Gasteiger partial charge in [-0.2, -0.15) is 0 Å². The molecule has 0 radical (unpaired) electrons. The molecule has 0 spiro atoms. The molecule has 0 unspecified atom stereocenters. The molecule has 0 saturated heterocycles. The van der Waals surface area contributed by atoms with E-state index in [1.807, 2.05) is 6.07 Å². The van der Waals surface area contributed by atoms with Crippen LogP contribution in [0.4, 0.5) is 0 Å². The van der Waals surface area contributed by atoms with E-state index in [0.717, 1.165) is 5.56 Å². The van der Waals surface area contributed by atoms with E-state index in [1.54, 1.807) is 32.1 Å². The van der Waals surface area contributed by atoms with E-state index in [-0.39, 0.29) is 5.75 Å². The number of esters is 1. The predicted octanol–water partition coefficient (Wildman–Crippen LogP) is 2.28. The molecule has 3 heteroatoms. The second-order valence-electron chi connectivity index (χ2n) is 3.10. The Morgan fingerprint density at radius 2 is 2.27 bits per heavy atom. The molecule has 0 aliphatic carbocycles. The number of benzene rings is 1. The first kappa shape index (κ1) is 11.3. The monoisotopic (exact) mass is 206 g/mol. The fourth-order valence-corrected chi connectivity index (χ4v) is 1.16. The van der Waals surface area contributed by atoms with E-state index in [2.05, 4.69) is 0 Å². The van der Waals surface area contributed by atoms with Gasteiger partial charge < -0.3 is 9.84 Å². The smallest absolute Gasteiger partial charge is 0.330 e. The van der Waals surface area contributed by atoms with Crippen molar-refractivity contribution in [1.29, 1.82) is 0 Å². The summed E-state index contributed by atoms with van der Waals surface area (Å²) in [6.07, 6.45) is 2.85. The van der Waals surface area contributed by atoms with Crippen molar-refractivity contribution in [3.63, 3.8) is 0 Å². The zero-order chi connectivity index (χ0) is 11.3. The summed E-state index contributed by atoms with van der Waals surface area (Å²) < 4.78 is 4.73. The maximum Gasteiger partial charge on any atom is 0.330 e. The van der Waals surface area contributed by atoms with Crippen LogP contribution in [0.3, 0.4) is 0 Å². The lowest BCUT2D eigenvalue weighted by Gasteiger charge is -2.01. The number of para-hydroxylation sites is 1. The average molecular weight is 206 g/mol. The van der Waals surface area contributed by atoms with Crippen LogP contribution in [-0.4, -0.2) is 17.7 Å². The zero-order valence-corrected chi connectivity index (χ0v) is 8.86. The molecule has 1 aromatic rings. The molecule has 1 rings (SSSR count). The number of aromatic hydroxyl groups is 1. The molecule has 0 amide bonds. The largest absolute Gasteiger partial charge is 0.507 e. The Hall–Kier alpha value is -1.77. The number of phenols is 1. The zero-order valence-electron chi connectivity index (χ0n) is 8.86. The highest BCUT2D eigenvalue weighted by Crippen LogP contribution is 2.22. The van der Waals surface area contributed by atoms with E-state index in [9.17, 15) is 9.90 Å². The van der Waals surface area contributed by atoms with Crippen molar-refractivity contribution in [2.75, 3.05) is 6.61 Å². The van der Waals surface area contributed by atoms with Crippen molar-refractivity contribution in [1.82, 2.24) is 0 Å². The number of ether oxygens (including phenoxy) is 1.